The molecule has 27 heavy (non-hydrogen) atoms. The van der Waals surface area contributed by atoms with E-state index in [0.29, 0.717) is 0 Å². The van der Waals surface area contributed by atoms with Crippen LogP contribution in [-0.2, 0) is 65.2 Å². The quantitative estimate of drug-likeness (QED) is 0.235. The van der Waals surface area contributed by atoms with Crippen LogP contribution in [0.5, 0.6) is 0 Å². The molecule has 0 fully saturated rings. The molecular weight excluding hydrogens is 432 g/mol. The first-order valence-corrected chi connectivity index (χ1v) is 9.24. The van der Waals surface area contributed by atoms with Gasteiger partial charge in [-0.15, -0.1) is 0 Å². The summed E-state index contributed by atoms with van der Waals surface area (Å²) in [5.74, 6) is 0. The van der Waals surface area contributed by atoms with E-state index in [4.69, 9.17) is 0 Å². The van der Waals surface area contributed by atoms with E-state index in [-0.39, 0.29) is 65.2 Å². The summed E-state index contributed by atoms with van der Waals surface area (Å²) in [7, 11) is 0. The van der Waals surface area contributed by atoms with Gasteiger partial charge in [0.15, 0.2) is 0 Å². The van der Waals surface area contributed by atoms with Crippen LogP contribution in [0.1, 0.15) is 111 Å². The van der Waals surface area contributed by atoms with Crippen molar-refractivity contribution >= 4 is 0 Å². The Hall–Kier alpha value is 2.14. The van der Waals surface area contributed by atoms with Crippen LogP contribution in [0.2, 0.25) is 0 Å². The third-order valence-corrected chi connectivity index (χ3v) is 0. The molecule has 0 atom stereocenters. The molecule has 0 saturated carbocycles. The van der Waals surface area contributed by atoms with Crippen molar-refractivity contribution in [1.29, 1.82) is 0 Å². The SMILES string of the molecule is C[CH-]C.C[CH-]C.C[CH-]C.C[CH-]C.C[CH-]C.C[CH-]C.C[CH-]C.C[CH-]C.[Ti+2].[Ti+2].[Ti+4]. The van der Waals surface area contributed by atoms with E-state index in [1.54, 1.807) is 0 Å². The van der Waals surface area contributed by atoms with Crippen LogP contribution in [0.3, 0.4) is 0 Å². The van der Waals surface area contributed by atoms with E-state index in [0.717, 1.165) is 0 Å². The molecule has 0 nitrogen and oxygen atoms in total. The molecule has 0 aromatic heterocycles. The molecule has 0 amide bonds. The third-order valence-electron chi connectivity index (χ3n) is 0. The first kappa shape index (κ1) is 70.1. The molecule has 0 aliphatic heterocycles. The van der Waals surface area contributed by atoms with Crippen molar-refractivity contribution in [2.24, 2.45) is 0 Å². The maximum Gasteiger partial charge on any atom is 4.00 e. The summed E-state index contributed by atoms with van der Waals surface area (Å²) in [5, 5.41) is 0. The molecule has 0 spiro atoms. The van der Waals surface area contributed by atoms with Crippen LogP contribution < -0.4 is 0 Å². The van der Waals surface area contributed by atoms with Gasteiger partial charge in [-0.25, -0.2) is 0 Å². The molecule has 0 saturated heterocycles. The van der Waals surface area contributed by atoms with Gasteiger partial charge in [-0.1, -0.05) is 0 Å². The Labute approximate surface area is 225 Å². The molecule has 0 bridgehead atoms. The fourth-order valence-electron chi connectivity index (χ4n) is 0. The second-order valence-electron chi connectivity index (χ2n) is 4.62. The van der Waals surface area contributed by atoms with E-state index in [9.17, 15) is 0 Å². The van der Waals surface area contributed by atoms with Gasteiger partial charge in [-0.2, -0.15) is 111 Å². The van der Waals surface area contributed by atoms with Gasteiger partial charge < -0.3 is 51.4 Å². The minimum atomic E-state index is 0. The summed E-state index contributed by atoms with van der Waals surface area (Å²) < 4.78 is 0. The Morgan fingerprint density at radius 3 is 0.222 bits per heavy atom. The van der Waals surface area contributed by atoms with Crippen molar-refractivity contribution in [3.63, 3.8) is 0 Å². The topological polar surface area (TPSA) is 0 Å². The van der Waals surface area contributed by atoms with Crippen molar-refractivity contribution in [2.75, 3.05) is 0 Å². The first-order valence-electron chi connectivity index (χ1n) is 9.24. The number of hydrogen-bond donors (Lipinski definition) is 0. The molecule has 0 aliphatic rings. The summed E-state index contributed by atoms with van der Waals surface area (Å²) in [4.78, 5) is 0. The largest absolute Gasteiger partial charge is 4.00 e. The second-order valence-corrected chi connectivity index (χ2v) is 4.62. The molecule has 164 valence electrons. The van der Waals surface area contributed by atoms with Crippen LogP contribution in [0, 0.1) is 51.4 Å². The van der Waals surface area contributed by atoms with Crippen molar-refractivity contribution in [3.05, 3.63) is 51.4 Å². The van der Waals surface area contributed by atoms with Gasteiger partial charge in [-0.3, -0.25) is 0 Å². The van der Waals surface area contributed by atoms with E-state index in [1.165, 1.54) is 0 Å². The fraction of sp³-hybridized carbons (Fsp3) is 0.667. The van der Waals surface area contributed by atoms with Gasteiger partial charge in [0, 0.05) is 0 Å². The van der Waals surface area contributed by atoms with Gasteiger partial charge in [-0.05, 0) is 0 Å². The summed E-state index contributed by atoms with van der Waals surface area (Å²) in [6.45, 7) is 32.0. The Kier molecular flexibility index (Phi) is 523. The zero-order valence-electron chi connectivity index (χ0n) is 22.1. The summed E-state index contributed by atoms with van der Waals surface area (Å²) in [6, 6.07) is 0. The molecule has 0 heterocycles. The molecule has 0 aromatic rings. The van der Waals surface area contributed by atoms with Gasteiger partial charge in [0.2, 0.25) is 0 Å². The standard InChI is InChI=1S/8C3H7.3Ti/c8*1-3-2;;;/h8*3H,1-2H3;;;/q8*-1;2*+2;+4. The summed E-state index contributed by atoms with van der Waals surface area (Å²) in [6.07, 6.45) is 16.0. The van der Waals surface area contributed by atoms with Gasteiger partial charge in [0.25, 0.3) is 0 Å². The van der Waals surface area contributed by atoms with Crippen molar-refractivity contribution < 1.29 is 65.2 Å². The zero-order chi connectivity index (χ0) is 21.7. The molecular formula is C24H56Ti3. The van der Waals surface area contributed by atoms with Crippen LogP contribution in [-0.4, -0.2) is 0 Å². The van der Waals surface area contributed by atoms with Crippen molar-refractivity contribution in [1.82, 2.24) is 0 Å². The van der Waals surface area contributed by atoms with Crippen LogP contribution in [0.25, 0.3) is 0 Å². The minimum absolute atomic E-state index is 0. The number of rotatable bonds is 0. The average Bonchev–Trinajstić information content (AvgIpc) is 2.45. The van der Waals surface area contributed by atoms with Crippen LogP contribution in [0.4, 0.5) is 0 Å². The van der Waals surface area contributed by atoms with Gasteiger partial charge in [0.05, 0.1) is 0 Å². The average molecular weight is 488 g/mol. The van der Waals surface area contributed by atoms with Crippen molar-refractivity contribution in [3.8, 4) is 0 Å². The Morgan fingerprint density at radius 1 is 0.222 bits per heavy atom. The van der Waals surface area contributed by atoms with E-state index >= 15 is 0 Å². The first-order chi connectivity index (χ1) is 11.3. The Balaban J connectivity index is -0.0000000119. The Bertz CT molecular complexity index is 37.6. The fourth-order valence-corrected chi connectivity index (χ4v) is 0. The van der Waals surface area contributed by atoms with Crippen LogP contribution >= 0.6 is 0 Å². The normalized spacial score (nSPS) is 5.33. The smallest absolute Gasteiger partial charge is 0.335 e. The predicted molar refractivity (Wildman–Crippen MR) is 125 cm³/mol. The molecule has 0 unspecified atom stereocenters. The molecule has 0 rings (SSSR count). The van der Waals surface area contributed by atoms with Crippen LogP contribution in [0.15, 0.2) is 0 Å². The summed E-state index contributed by atoms with van der Waals surface area (Å²) >= 11 is 0. The van der Waals surface area contributed by atoms with Gasteiger partial charge in [0.1, 0.15) is 0 Å². The molecule has 0 aromatic carbocycles. The van der Waals surface area contributed by atoms with E-state index < -0.39 is 0 Å². The van der Waals surface area contributed by atoms with Crippen molar-refractivity contribution in [2.45, 2.75) is 111 Å². The Morgan fingerprint density at radius 2 is 0.222 bits per heavy atom. The predicted octanol–water partition coefficient (Wildman–Crippen LogP) is 9.84. The zero-order valence-corrected chi connectivity index (χ0v) is 26.8. The molecule has 0 N–H and O–H groups in total. The van der Waals surface area contributed by atoms with E-state index in [2.05, 4.69) is 0 Å². The molecule has 0 radical (unpaired) electrons. The number of hydrogen-bond acceptors (Lipinski definition) is 0. The maximum atomic E-state index is 2.00. The monoisotopic (exact) mass is 488 g/mol. The third kappa shape index (κ3) is 4190. The van der Waals surface area contributed by atoms with Gasteiger partial charge >= 0.3 is 65.2 Å². The molecule has 0 aliphatic carbocycles. The maximum absolute atomic E-state index is 2.00. The van der Waals surface area contributed by atoms with E-state index in [1.807, 2.05) is 162 Å². The molecule has 3 heteroatoms. The summed E-state index contributed by atoms with van der Waals surface area (Å²) in [5.41, 5.74) is 0. The second kappa shape index (κ2) is 202. The minimum Gasteiger partial charge on any atom is -0.335 e.